The lowest BCUT2D eigenvalue weighted by Gasteiger charge is -2.08. The van der Waals surface area contributed by atoms with Crippen LogP contribution in [0.15, 0.2) is 71.6 Å². The standard InChI is InChI=1S/C21H16F3NO3S/c22-21(23,24)17-10-12-18(13-11-17)29(26,27)25-14-3-4-15-28-20-9-5-7-16-6-1-2-8-19(16)20/h1-2,5-13,25H,14-15H2. The summed E-state index contributed by atoms with van der Waals surface area (Å²) in [6, 6.07) is 16.6. The first-order valence-corrected chi connectivity index (χ1v) is 9.99. The Morgan fingerprint density at radius 1 is 0.897 bits per heavy atom. The summed E-state index contributed by atoms with van der Waals surface area (Å²) in [7, 11) is -3.95. The number of hydrogen-bond donors (Lipinski definition) is 1. The Kier molecular flexibility index (Phi) is 6.11. The van der Waals surface area contributed by atoms with E-state index < -0.39 is 21.8 Å². The van der Waals surface area contributed by atoms with Crippen molar-refractivity contribution in [1.82, 2.24) is 4.72 Å². The highest BCUT2D eigenvalue weighted by molar-refractivity contribution is 7.89. The summed E-state index contributed by atoms with van der Waals surface area (Å²) in [5.74, 6) is 5.99. The Hall–Kier alpha value is -3.02. The molecule has 0 saturated heterocycles. The van der Waals surface area contributed by atoms with Crippen LogP contribution in [0.25, 0.3) is 10.8 Å². The zero-order chi connectivity index (χ0) is 20.9. The molecule has 0 unspecified atom stereocenters. The van der Waals surface area contributed by atoms with Crippen molar-refractivity contribution < 1.29 is 26.3 Å². The van der Waals surface area contributed by atoms with E-state index in [9.17, 15) is 21.6 Å². The summed E-state index contributed by atoms with van der Waals surface area (Å²) >= 11 is 0. The van der Waals surface area contributed by atoms with Gasteiger partial charge in [-0.05, 0) is 35.7 Å². The van der Waals surface area contributed by atoms with Crippen molar-refractivity contribution in [3.05, 3.63) is 72.3 Å². The van der Waals surface area contributed by atoms with E-state index in [4.69, 9.17) is 4.74 Å². The molecule has 4 nitrogen and oxygen atoms in total. The molecule has 0 aliphatic carbocycles. The number of sulfonamides is 1. The molecule has 3 aromatic carbocycles. The molecular formula is C21H16F3NO3S. The summed E-state index contributed by atoms with van der Waals surface area (Å²) in [5, 5.41) is 1.97. The second-order valence-corrected chi connectivity index (χ2v) is 7.73. The van der Waals surface area contributed by atoms with E-state index in [2.05, 4.69) is 16.6 Å². The summed E-state index contributed by atoms with van der Waals surface area (Å²) < 4.78 is 69.7. The van der Waals surface area contributed by atoms with Crippen molar-refractivity contribution >= 4 is 20.8 Å². The van der Waals surface area contributed by atoms with E-state index in [1.165, 1.54) is 0 Å². The molecule has 0 spiro atoms. The minimum Gasteiger partial charge on any atom is -0.480 e. The van der Waals surface area contributed by atoms with Gasteiger partial charge in [0, 0.05) is 5.39 Å². The Morgan fingerprint density at radius 2 is 1.59 bits per heavy atom. The number of halogens is 3. The third-order valence-electron chi connectivity index (χ3n) is 4.02. The molecule has 0 aliphatic rings. The topological polar surface area (TPSA) is 55.4 Å². The predicted molar refractivity (Wildman–Crippen MR) is 104 cm³/mol. The largest absolute Gasteiger partial charge is 0.480 e. The van der Waals surface area contributed by atoms with E-state index in [1.807, 2.05) is 42.5 Å². The van der Waals surface area contributed by atoms with E-state index in [0.717, 1.165) is 35.0 Å². The van der Waals surface area contributed by atoms with Gasteiger partial charge in [-0.25, -0.2) is 8.42 Å². The Bertz CT molecular complexity index is 1160. The van der Waals surface area contributed by atoms with Crippen molar-refractivity contribution in [2.75, 3.05) is 13.2 Å². The van der Waals surface area contributed by atoms with Gasteiger partial charge in [-0.15, -0.1) is 0 Å². The van der Waals surface area contributed by atoms with Crippen LogP contribution in [0, 0.1) is 11.8 Å². The molecule has 0 atom stereocenters. The summed E-state index contributed by atoms with van der Waals surface area (Å²) in [6.45, 7) is -0.127. The van der Waals surface area contributed by atoms with E-state index in [1.54, 1.807) is 0 Å². The van der Waals surface area contributed by atoms with Crippen LogP contribution in [-0.4, -0.2) is 21.6 Å². The van der Waals surface area contributed by atoms with Gasteiger partial charge in [0.05, 0.1) is 17.0 Å². The minimum atomic E-state index is -4.52. The first-order chi connectivity index (χ1) is 13.8. The summed E-state index contributed by atoms with van der Waals surface area (Å²) in [6.07, 6.45) is -4.52. The van der Waals surface area contributed by atoms with Crippen LogP contribution in [-0.2, 0) is 16.2 Å². The maximum absolute atomic E-state index is 12.6. The van der Waals surface area contributed by atoms with E-state index in [-0.39, 0.29) is 18.0 Å². The van der Waals surface area contributed by atoms with Crippen LogP contribution in [0.4, 0.5) is 13.2 Å². The fraction of sp³-hybridized carbons (Fsp3) is 0.143. The van der Waals surface area contributed by atoms with Crippen molar-refractivity contribution in [2.45, 2.75) is 11.1 Å². The average Bonchev–Trinajstić information content (AvgIpc) is 2.70. The first kappa shape index (κ1) is 20.7. The molecule has 29 heavy (non-hydrogen) atoms. The fourth-order valence-corrected chi connectivity index (χ4v) is 3.51. The fourth-order valence-electron chi connectivity index (χ4n) is 2.59. The maximum Gasteiger partial charge on any atom is 0.416 e. The molecular weight excluding hydrogens is 403 g/mol. The lowest BCUT2D eigenvalue weighted by Crippen LogP contribution is -2.24. The quantitative estimate of drug-likeness (QED) is 0.630. The summed E-state index contributed by atoms with van der Waals surface area (Å²) in [4.78, 5) is -0.265. The lowest BCUT2D eigenvalue weighted by molar-refractivity contribution is -0.137. The molecule has 0 amide bonds. The van der Waals surface area contributed by atoms with Crippen molar-refractivity contribution in [3.8, 4) is 17.6 Å². The first-order valence-electron chi connectivity index (χ1n) is 8.50. The molecule has 0 radical (unpaired) electrons. The van der Waals surface area contributed by atoms with Gasteiger partial charge in [0.2, 0.25) is 10.0 Å². The second-order valence-electron chi connectivity index (χ2n) is 5.97. The number of fused-ring (bicyclic) bond motifs is 1. The van der Waals surface area contributed by atoms with Crippen LogP contribution >= 0.6 is 0 Å². The van der Waals surface area contributed by atoms with Crippen molar-refractivity contribution in [3.63, 3.8) is 0 Å². The number of benzene rings is 3. The van der Waals surface area contributed by atoms with Crippen LogP contribution in [0.5, 0.6) is 5.75 Å². The molecule has 0 heterocycles. The molecule has 0 bridgehead atoms. The predicted octanol–water partition coefficient (Wildman–Crippen LogP) is 4.22. The van der Waals surface area contributed by atoms with Crippen LogP contribution < -0.4 is 9.46 Å². The van der Waals surface area contributed by atoms with Gasteiger partial charge in [-0.3, -0.25) is 0 Å². The number of hydrogen-bond acceptors (Lipinski definition) is 3. The second kappa shape index (κ2) is 8.55. The van der Waals surface area contributed by atoms with Crippen LogP contribution in [0.2, 0.25) is 0 Å². The lowest BCUT2D eigenvalue weighted by atomic mass is 10.1. The van der Waals surface area contributed by atoms with Gasteiger partial charge in [0.15, 0.2) is 0 Å². The minimum absolute atomic E-state index is 0.0655. The summed E-state index contributed by atoms with van der Waals surface area (Å²) in [5.41, 5.74) is -0.915. The van der Waals surface area contributed by atoms with Gasteiger partial charge in [0.25, 0.3) is 0 Å². The zero-order valence-electron chi connectivity index (χ0n) is 15.0. The maximum atomic E-state index is 12.6. The molecule has 0 aliphatic heterocycles. The average molecular weight is 419 g/mol. The highest BCUT2D eigenvalue weighted by atomic mass is 32.2. The van der Waals surface area contributed by atoms with Gasteiger partial charge < -0.3 is 4.74 Å². The Morgan fingerprint density at radius 3 is 2.31 bits per heavy atom. The van der Waals surface area contributed by atoms with E-state index >= 15 is 0 Å². The number of nitrogens with one attached hydrogen (secondary N) is 1. The number of alkyl halides is 3. The van der Waals surface area contributed by atoms with Gasteiger partial charge in [-0.2, -0.15) is 17.9 Å². The Balaban J connectivity index is 1.55. The third-order valence-corrected chi connectivity index (χ3v) is 5.43. The van der Waals surface area contributed by atoms with E-state index in [0.29, 0.717) is 5.75 Å². The third kappa shape index (κ3) is 5.28. The highest BCUT2D eigenvalue weighted by Crippen LogP contribution is 2.29. The van der Waals surface area contributed by atoms with Crippen molar-refractivity contribution in [1.29, 1.82) is 0 Å². The normalized spacial score (nSPS) is 11.7. The molecule has 0 fully saturated rings. The number of rotatable bonds is 5. The molecule has 150 valence electrons. The molecule has 1 N–H and O–H groups in total. The Labute approximate surface area is 166 Å². The smallest absolute Gasteiger partial charge is 0.416 e. The van der Waals surface area contributed by atoms with Gasteiger partial charge in [-0.1, -0.05) is 48.2 Å². The SMILES string of the molecule is O=S(=O)(NCC#CCOc1cccc2ccccc12)c1ccc(C(F)(F)F)cc1. The molecule has 0 saturated carbocycles. The monoisotopic (exact) mass is 419 g/mol. The molecule has 8 heteroatoms. The van der Waals surface area contributed by atoms with Gasteiger partial charge >= 0.3 is 6.18 Å². The zero-order valence-corrected chi connectivity index (χ0v) is 15.8. The van der Waals surface area contributed by atoms with Crippen molar-refractivity contribution in [2.24, 2.45) is 0 Å². The van der Waals surface area contributed by atoms with Gasteiger partial charge in [0.1, 0.15) is 12.4 Å². The molecule has 3 aromatic rings. The molecule has 0 aromatic heterocycles. The van der Waals surface area contributed by atoms with Crippen LogP contribution in [0.1, 0.15) is 5.56 Å². The van der Waals surface area contributed by atoms with Crippen LogP contribution in [0.3, 0.4) is 0 Å². The highest BCUT2D eigenvalue weighted by Gasteiger charge is 2.30. The number of ether oxygens (including phenoxy) is 1. The molecule has 3 rings (SSSR count).